The van der Waals surface area contributed by atoms with Gasteiger partial charge in [0.05, 0.1) is 0 Å². The Morgan fingerprint density at radius 1 is 1.30 bits per heavy atom. The van der Waals surface area contributed by atoms with Gasteiger partial charge in [-0.3, -0.25) is 4.79 Å². The van der Waals surface area contributed by atoms with E-state index in [0.717, 1.165) is 16.5 Å². The highest BCUT2D eigenvalue weighted by atomic mass is 16.4. The van der Waals surface area contributed by atoms with Crippen LogP contribution in [-0.2, 0) is 16.0 Å². The largest absolute Gasteiger partial charge is 0.480 e. The fraction of sp³-hybridized carbons (Fsp3) is 0.333. The molecule has 106 valence electrons. The van der Waals surface area contributed by atoms with Crippen molar-refractivity contribution in [2.45, 2.75) is 26.3 Å². The zero-order valence-corrected chi connectivity index (χ0v) is 11.5. The summed E-state index contributed by atoms with van der Waals surface area (Å²) in [5.74, 6) is -1.51. The second-order valence-corrected chi connectivity index (χ2v) is 5.12. The summed E-state index contributed by atoms with van der Waals surface area (Å²) in [5.41, 5.74) is 1.85. The Balaban J connectivity index is 2.20. The van der Waals surface area contributed by atoms with Gasteiger partial charge in [0.15, 0.2) is 0 Å². The maximum absolute atomic E-state index is 11.7. The normalized spacial score (nSPS) is 12.6. The van der Waals surface area contributed by atoms with Gasteiger partial charge in [-0.1, -0.05) is 32.0 Å². The minimum absolute atomic E-state index is 0.236. The van der Waals surface area contributed by atoms with E-state index in [1.807, 2.05) is 24.3 Å². The minimum atomic E-state index is -1.02. The molecule has 2 aromatic rings. The summed E-state index contributed by atoms with van der Waals surface area (Å²) >= 11 is 0. The monoisotopic (exact) mass is 274 g/mol. The lowest BCUT2D eigenvalue weighted by atomic mass is 10.0. The molecule has 1 atom stereocenters. The summed E-state index contributed by atoms with van der Waals surface area (Å²) in [6.07, 6.45) is 2.06. The lowest BCUT2D eigenvalue weighted by Crippen LogP contribution is -2.44. The summed E-state index contributed by atoms with van der Waals surface area (Å²) in [4.78, 5) is 26.1. The number of carbonyl (C=O) groups excluding carboxylic acids is 1. The lowest BCUT2D eigenvalue weighted by molar-refractivity contribution is -0.142. The third kappa shape index (κ3) is 2.99. The molecule has 0 fully saturated rings. The van der Waals surface area contributed by atoms with E-state index in [1.54, 1.807) is 20.0 Å². The van der Waals surface area contributed by atoms with Crippen molar-refractivity contribution in [3.8, 4) is 0 Å². The number of aliphatic carboxylic acids is 1. The number of fused-ring (bicyclic) bond motifs is 1. The maximum Gasteiger partial charge on any atom is 0.326 e. The van der Waals surface area contributed by atoms with Gasteiger partial charge in [-0.25, -0.2) is 4.79 Å². The molecule has 0 bridgehead atoms. The Kier molecular flexibility index (Phi) is 4.08. The molecule has 5 heteroatoms. The number of amides is 1. The highest BCUT2D eigenvalue weighted by molar-refractivity contribution is 5.87. The topological polar surface area (TPSA) is 82.2 Å². The van der Waals surface area contributed by atoms with Crippen LogP contribution < -0.4 is 5.32 Å². The van der Waals surface area contributed by atoms with E-state index in [2.05, 4.69) is 10.3 Å². The number of carboxylic acids is 1. The van der Waals surface area contributed by atoms with Crippen molar-refractivity contribution in [3.05, 3.63) is 36.0 Å². The van der Waals surface area contributed by atoms with Gasteiger partial charge in [0, 0.05) is 29.4 Å². The third-order valence-electron chi connectivity index (χ3n) is 3.24. The van der Waals surface area contributed by atoms with E-state index in [1.165, 1.54) is 0 Å². The van der Waals surface area contributed by atoms with Crippen LogP contribution in [0.5, 0.6) is 0 Å². The minimum Gasteiger partial charge on any atom is -0.480 e. The standard InChI is InChI=1S/C15H18N2O3/c1-9(2)14(18)17-13(15(19)20)7-10-8-16-12-6-4-3-5-11(10)12/h3-6,8-9,13,16H,7H2,1-2H3,(H,17,18)(H,19,20)/t13-/m1/s1. The number of hydrogen-bond donors (Lipinski definition) is 3. The smallest absolute Gasteiger partial charge is 0.326 e. The Hall–Kier alpha value is -2.30. The molecular formula is C15H18N2O3. The number of aromatic amines is 1. The molecule has 0 spiro atoms. The van der Waals surface area contributed by atoms with Gasteiger partial charge in [0.1, 0.15) is 6.04 Å². The molecule has 0 unspecified atom stereocenters. The second kappa shape index (κ2) is 5.77. The molecule has 3 N–H and O–H groups in total. The van der Waals surface area contributed by atoms with Crippen molar-refractivity contribution < 1.29 is 14.7 Å². The molecule has 1 amide bonds. The van der Waals surface area contributed by atoms with Crippen LogP contribution in [0.4, 0.5) is 0 Å². The van der Waals surface area contributed by atoms with Gasteiger partial charge in [0.2, 0.25) is 5.91 Å². The number of hydrogen-bond acceptors (Lipinski definition) is 2. The first-order chi connectivity index (χ1) is 9.49. The molecule has 0 aliphatic rings. The van der Waals surface area contributed by atoms with Crippen LogP contribution in [-0.4, -0.2) is 28.0 Å². The van der Waals surface area contributed by atoms with Crippen LogP contribution in [0.1, 0.15) is 19.4 Å². The SMILES string of the molecule is CC(C)C(=O)N[C@H](Cc1c[nH]c2ccccc12)C(=O)O. The van der Waals surface area contributed by atoms with Crippen molar-refractivity contribution in [2.24, 2.45) is 5.92 Å². The predicted molar refractivity (Wildman–Crippen MR) is 76.4 cm³/mol. The Bertz CT molecular complexity index is 631. The Morgan fingerprint density at radius 3 is 2.65 bits per heavy atom. The van der Waals surface area contributed by atoms with Gasteiger partial charge in [0.25, 0.3) is 0 Å². The number of nitrogens with one attached hydrogen (secondary N) is 2. The van der Waals surface area contributed by atoms with Gasteiger partial charge in [-0.15, -0.1) is 0 Å². The zero-order chi connectivity index (χ0) is 14.7. The molecule has 1 aromatic heterocycles. The van der Waals surface area contributed by atoms with E-state index in [9.17, 15) is 14.7 Å². The average molecular weight is 274 g/mol. The number of carbonyl (C=O) groups is 2. The van der Waals surface area contributed by atoms with Crippen LogP contribution in [0.2, 0.25) is 0 Å². The number of benzene rings is 1. The molecule has 0 aliphatic heterocycles. The van der Waals surface area contributed by atoms with Crippen LogP contribution in [0.25, 0.3) is 10.9 Å². The molecule has 2 rings (SSSR count). The molecule has 0 saturated heterocycles. The van der Waals surface area contributed by atoms with Crippen molar-refractivity contribution in [3.63, 3.8) is 0 Å². The first-order valence-corrected chi connectivity index (χ1v) is 6.57. The fourth-order valence-electron chi connectivity index (χ4n) is 2.06. The number of aromatic nitrogens is 1. The van der Waals surface area contributed by atoms with E-state index >= 15 is 0 Å². The maximum atomic E-state index is 11.7. The first kappa shape index (κ1) is 14.1. The molecule has 1 aromatic carbocycles. The summed E-state index contributed by atoms with van der Waals surface area (Å²) in [6, 6.07) is 6.77. The molecule has 5 nitrogen and oxygen atoms in total. The Labute approximate surface area is 117 Å². The molecule has 0 radical (unpaired) electrons. The average Bonchev–Trinajstić information content (AvgIpc) is 2.81. The molecular weight excluding hydrogens is 256 g/mol. The summed E-state index contributed by atoms with van der Waals surface area (Å²) in [6.45, 7) is 3.47. The van der Waals surface area contributed by atoms with E-state index < -0.39 is 12.0 Å². The zero-order valence-electron chi connectivity index (χ0n) is 11.5. The molecule has 0 aliphatic carbocycles. The first-order valence-electron chi connectivity index (χ1n) is 6.57. The highest BCUT2D eigenvalue weighted by Gasteiger charge is 2.22. The summed E-state index contributed by atoms with van der Waals surface area (Å²) in [7, 11) is 0. The van der Waals surface area contributed by atoms with Gasteiger partial charge in [-0.05, 0) is 11.6 Å². The van der Waals surface area contributed by atoms with Gasteiger partial charge in [-0.2, -0.15) is 0 Å². The van der Waals surface area contributed by atoms with Gasteiger partial charge >= 0.3 is 5.97 Å². The number of para-hydroxylation sites is 1. The van der Waals surface area contributed by atoms with E-state index in [-0.39, 0.29) is 18.2 Å². The summed E-state index contributed by atoms with van der Waals surface area (Å²) < 4.78 is 0. The van der Waals surface area contributed by atoms with Crippen molar-refractivity contribution in [1.29, 1.82) is 0 Å². The summed E-state index contributed by atoms with van der Waals surface area (Å²) in [5, 5.41) is 12.8. The van der Waals surface area contributed by atoms with Crippen LogP contribution >= 0.6 is 0 Å². The third-order valence-corrected chi connectivity index (χ3v) is 3.24. The van der Waals surface area contributed by atoms with Crippen LogP contribution in [0.3, 0.4) is 0 Å². The fourth-order valence-corrected chi connectivity index (χ4v) is 2.06. The lowest BCUT2D eigenvalue weighted by Gasteiger charge is -2.15. The van der Waals surface area contributed by atoms with Gasteiger partial charge < -0.3 is 15.4 Å². The molecule has 1 heterocycles. The van der Waals surface area contributed by atoms with Crippen LogP contribution in [0.15, 0.2) is 30.5 Å². The van der Waals surface area contributed by atoms with Crippen molar-refractivity contribution in [2.75, 3.05) is 0 Å². The highest BCUT2D eigenvalue weighted by Crippen LogP contribution is 2.19. The number of carboxylic acid groups (broad SMARTS) is 1. The van der Waals surface area contributed by atoms with Crippen molar-refractivity contribution in [1.82, 2.24) is 10.3 Å². The number of H-pyrrole nitrogens is 1. The van der Waals surface area contributed by atoms with E-state index in [4.69, 9.17) is 0 Å². The number of rotatable bonds is 5. The Morgan fingerprint density at radius 2 is 2.00 bits per heavy atom. The second-order valence-electron chi connectivity index (χ2n) is 5.12. The quantitative estimate of drug-likeness (QED) is 0.779. The molecule has 0 saturated carbocycles. The van der Waals surface area contributed by atoms with Crippen LogP contribution in [0, 0.1) is 5.92 Å². The molecule has 20 heavy (non-hydrogen) atoms. The van der Waals surface area contributed by atoms with Crippen molar-refractivity contribution >= 4 is 22.8 Å². The van der Waals surface area contributed by atoms with E-state index in [0.29, 0.717) is 0 Å². The predicted octanol–water partition coefficient (Wildman–Crippen LogP) is 1.94.